The van der Waals surface area contributed by atoms with Crippen molar-refractivity contribution in [2.45, 2.75) is 45.1 Å². The van der Waals surface area contributed by atoms with Crippen molar-refractivity contribution in [3.05, 3.63) is 16.6 Å². The first kappa shape index (κ1) is 10.1. The molecule has 0 saturated heterocycles. The van der Waals surface area contributed by atoms with E-state index in [0.717, 1.165) is 6.42 Å². The molecule has 1 fully saturated rings. The molecular weight excluding hydrogens is 192 g/mol. The lowest BCUT2D eigenvalue weighted by Crippen LogP contribution is -2.20. The molecule has 2 rings (SSSR count). The van der Waals surface area contributed by atoms with Crippen LogP contribution in [0.4, 0.5) is 0 Å². The van der Waals surface area contributed by atoms with E-state index in [-0.39, 0.29) is 6.04 Å². The zero-order valence-electron chi connectivity index (χ0n) is 8.70. The monoisotopic (exact) mass is 210 g/mol. The van der Waals surface area contributed by atoms with Crippen LogP contribution in [0, 0.1) is 5.41 Å². The molecule has 1 heterocycles. The van der Waals surface area contributed by atoms with Gasteiger partial charge in [-0.3, -0.25) is 4.98 Å². The molecule has 2 N–H and O–H groups in total. The first-order valence-corrected chi connectivity index (χ1v) is 6.22. The third-order valence-electron chi connectivity index (χ3n) is 3.34. The van der Waals surface area contributed by atoms with Crippen molar-refractivity contribution in [2.75, 3.05) is 0 Å². The Kier molecular flexibility index (Phi) is 2.88. The molecule has 0 aliphatic heterocycles. The maximum atomic E-state index is 6.17. The fraction of sp³-hybridized carbons (Fsp3) is 0.727. The SMILES string of the molecule is CC1(CC(N)c2cncs2)CCCC1. The summed E-state index contributed by atoms with van der Waals surface area (Å²) >= 11 is 1.68. The molecule has 0 bridgehead atoms. The normalized spacial score (nSPS) is 22.4. The molecular formula is C11H18N2S. The lowest BCUT2D eigenvalue weighted by Gasteiger charge is -2.26. The number of nitrogens with two attached hydrogens (primary N) is 1. The number of nitrogens with zero attached hydrogens (tertiary/aromatic N) is 1. The minimum Gasteiger partial charge on any atom is -0.323 e. The van der Waals surface area contributed by atoms with Crippen LogP contribution in [0.1, 0.15) is 49.9 Å². The van der Waals surface area contributed by atoms with E-state index in [2.05, 4.69) is 11.9 Å². The maximum Gasteiger partial charge on any atom is 0.0794 e. The lowest BCUT2D eigenvalue weighted by molar-refractivity contribution is 0.284. The summed E-state index contributed by atoms with van der Waals surface area (Å²) in [5.41, 5.74) is 8.53. The van der Waals surface area contributed by atoms with Gasteiger partial charge in [-0.2, -0.15) is 0 Å². The van der Waals surface area contributed by atoms with Crippen LogP contribution in [0.15, 0.2) is 11.7 Å². The number of hydrogen-bond donors (Lipinski definition) is 1. The van der Waals surface area contributed by atoms with Gasteiger partial charge in [0.2, 0.25) is 0 Å². The molecule has 78 valence electrons. The molecule has 0 aromatic carbocycles. The quantitative estimate of drug-likeness (QED) is 0.832. The molecule has 1 saturated carbocycles. The summed E-state index contributed by atoms with van der Waals surface area (Å²) in [4.78, 5) is 5.31. The second kappa shape index (κ2) is 3.99. The van der Waals surface area contributed by atoms with Crippen molar-refractivity contribution in [3.8, 4) is 0 Å². The van der Waals surface area contributed by atoms with Crippen molar-refractivity contribution >= 4 is 11.3 Å². The van der Waals surface area contributed by atoms with E-state index < -0.39 is 0 Å². The molecule has 1 aromatic rings. The summed E-state index contributed by atoms with van der Waals surface area (Å²) in [7, 11) is 0. The molecule has 0 radical (unpaired) electrons. The van der Waals surface area contributed by atoms with Crippen LogP contribution in [0.3, 0.4) is 0 Å². The summed E-state index contributed by atoms with van der Waals surface area (Å²) in [5, 5.41) is 0. The summed E-state index contributed by atoms with van der Waals surface area (Å²) < 4.78 is 0. The van der Waals surface area contributed by atoms with Gasteiger partial charge in [0.05, 0.1) is 5.51 Å². The fourth-order valence-corrected chi connectivity index (χ4v) is 3.10. The van der Waals surface area contributed by atoms with E-state index in [0.29, 0.717) is 5.41 Å². The second-order valence-corrected chi connectivity index (χ2v) is 5.65. The number of rotatable bonds is 3. The van der Waals surface area contributed by atoms with Crippen molar-refractivity contribution in [1.29, 1.82) is 0 Å². The van der Waals surface area contributed by atoms with E-state index in [1.807, 2.05) is 11.7 Å². The fourth-order valence-electron chi connectivity index (χ4n) is 2.47. The van der Waals surface area contributed by atoms with Crippen LogP contribution in [0.5, 0.6) is 0 Å². The molecule has 3 heteroatoms. The third-order valence-corrected chi connectivity index (χ3v) is 4.25. The van der Waals surface area contributed by atoms with Gasteiger partial charge >= 0.3 is 0 Å². The first-order valence-electron chi connectivity index (χ1n) is 5.34. The van der Waals surface area contributed by atoms with E-state index in [4.69, 9.17) is 5.73 Å². The minimum absolute atomic E-state index is 0.200. The van der Waals surface area contributed by atoms with E-state index >= 15 is 0 Å². The van der Waals surface area contributed by atoms with Crippen LogP contribution < -0.4 is 5.73 Å². The standard InChI is InChI=1S/C11H18N2S/c1-11(4-2-3-5-11)6-9(12)10-7-13-8-14-10/h7-9H,2-6,12H2,1H3. The van der Waals surface area contributed by atoms with Crippen molar-refractivity contribution in [3.63, 3.8) is 0 Å². The number of hydrogen-bond acceptors (Lipinski definition) is 3. The topological polar surface area (TPSA) is 38.9 Å². The van der Waals surface area contributed by atoms with Gasteiger partial charge in [-0.1, -0.05) is 19.8 Å². The Labute approximate surface area is 89.5 Å². The van der Waals surface area contributed by atoms with Crippen LogP contribution in [-0.2, 0) is 0 Å². The van der Waals surface area contributed by atoms with Crippen LogP contribution in [0.25, 0.3) is 0 Å². The predicted octanol–water partition coefficient (Wildman–Crippen LogP) is 3.11. The highest BCUT2D eigenvalue weighted by Gasteiger charge is 2.31. The largest absolute Gasteiger partial charge is 0.323 e. The second-order valence-electron chi connectivity index (χ2n) is 4.73. The van der Waals surface area contributed by atoms with Crippen molar-refractivity contribution in [1.82, 2.24) is 4.98 Å². The molecule has 0 spiro atoms. The highest BCUT2D eigenvalue weighted by molar-refractivity contribution is 7.09. The van der Waals surface area contributed by atoms with Gasteiger partial charge < -0.3 is 5.73 Å². The summed E-state index contributed by atoms with van der Waals surface area (Å²) in [6.45, 7) is 2.38. The Morgan fingerprint density at radius 1 is 1.57 bits per heavy atom. The molecule has 1 unspecified atom stereocenters. The lowest BCUT2D eigenvalue weighted by atomic mass is 9.82. The van der Waals surface area contributed by atoms with E-state index in [9.17, 15) is 0 Å². The third kappa shape index (κ3) is 2.15. The Morgan fingerprint density at radius 2 is 2.29 bits per heavy atom. The van der Waals surface area contributed by atoms with Gasteiger partial charge in [0.25, 0.3) is 0 Å². The molecule has 1 aliphatic rings. The Bertz CT molecular complexity index is 275. The highest BCUT2D eigenvalue weighted by atomic mass is 32.1. The average molecular weight is 210 g/mol. The zero-order chi connectivity index (χ0) is 10.0. The summed E-state index contributed by atoms with van der Waals surface area (Å²) in [5.74, 6) is 0. The molecule has 1 aromatic heterocycles. The summed E-state index contributed by atoms with van der Waals surface area (Å²) in [6, 6.07) is 0.200. The van der Waals surface area contributed by atoms with Gasteiger partial charge in [-0.25, -0.2) is 0 Å². The molecule has 14 heavy (non-hydrogen) atoms. The Morgan fingerprint density at radius 3 is 2.86 bits per heavy atom. The van der Waals surface area contributed by atoms with Crippen LogP contribution in [0.2, 0.25) is 0 Å². The number of aromatic nitrogens is 1. The van der Waals surface area contributed by atoms with Gasteiger partial charge in [0.15, 0.2) is 0 Å². The van der Waals surface area contributed by atoms with Crippen LogP contribution in [-0.4, -0.2) is 4.98 Å². The molecule has 2 nitrogen and oxygen atoms in total. The first-order chi connectivity index (χ1) is 6.70. The molecule has 1 aliphatic carbocycles. The van der Waals surface area contributed by atoms with E-state index in [1.165, 1.54) is 30.6 Å². The number of thiazole rings is 1. The van der Waals surface area contributed by atoms with Gasteiger partial charge in [-0.15, -0.1) is 11.3 Å². The minimum atomic E-state index is 0.200. The molecule has 1 atom stereocenters. The van der Waals surface area contributed by atoms with Crippen molar-refractivity contribution in [2.24, 2.45) is 11.1 Å². The zero-order valence-corrected chi connectivity index (χ0v) is 9.52. The van der Waals surface area contributed by atoms with Gasteiger partial charge in [-0.05, 0) is 24.7 Å². The Balaban J connectivity index is 1.97. The highest BCUT2D eigenvalue weighted by Crippen LogP contribution is 2.43. The molecule has 0 amide bonds. The van der Waals surface area contributed by atoms with Crippen LogP contribution >= 0.6 is 11.3 Å². The predicted molar refractivity (Wildman–Crippen MR) is 60.2 cm³/mol. The average Bonchev–Trinajstić information content (AvgIpc) is 2.74. The Hall–Kier alpha value is -0.410. The smallest absolute Gasteiger partial charge is 0.0794 e. The van der Waals surface area contributed by atoms with Crippen molar-refractivity contribution < 1.29 is 0 Å². The van der Waals surface area contributed by atoms with Gasteiger partial charge in [0.1, 0.15) is 0 Å². The van der Waals surface area contributed by atoms with E-state index in [1.54, 1.807) is 11.3 Å². The van der Waals surface area contributed by atoms with Gasteiger partial charge in [0, 0.05) is 17.1 Å². The maximum absolute atomic E-state index is 6.17. The summed E-state index contributed by atoms with van der Waals surface area (Å²) in [6.07, 6.45) is 8.49.